The molecule has 3 saturated heterocycles. The van der Waals surface area contributed by atoms with Crippen LogP contribution in [-0.2, 0) is 33.3 Å². The lowest BCUT2D eigenvalue weighted by molar-refractivity contribution is -0.365. The van der Waals surface area contributed by atoms with Crippen LogP contribution in [0.25, 0.3) is 0 Å². The van der Waals surface area contributed by atoms with Crippen LogP contribution >= 0.6 is 0 Å². The summed E-state index contributed by atoms with van der Waals surface area (Å²) in [5.74, 6) is -5.46. The van der Waals surface area contributed by atoms with Crippen molar-refractivity contribution in [3.05, 3.63) is 0 Å². The standard InChI is InChI=1S/C23H39NO19/c1-6(27)24-11-7(28)2-23(22(37)38,43-19(11)12(30)8(29)3-25)39-5-10-18(15(33)16(34)20(36)40-10)42-21-17(35)14(32)13(31)9(4-26)41-21/h7-21,25-26,28-36H,2-5H2,1H3,(H,24,27)(H,37,38)/t7-,8+,9+,10+,11+,12+,13-,14-,15+,16+,17+,18+,19+,20-,21-,23-/m0/s1. The lowest BCUT2D eigenvalue weighted by Gasteiger charge is -2.48. The average Bonchev–Trinajstić information content (AvgIpc) is 2.96. The van der Waals surface area contributed by atoms with E-state index in [1.165, 1.54) is 0 Å². The first-order valence-corrected chi connectivity index (χ1v) is 13.2. The van der Waals surface area contributed by atoms with Crippen LogP contribution in [0.3, 0.4) is 0 Å². The van der Waals surface area contributed by atoms with E-state index < -0.39 is 136 Å². The van der Waals surface area contributed by atoms with Gasteiger partial charge in [-0.25, -0.2) is 4.79 Å². The predicted molar refractivity (Wildman–Crippen MR) is 130 cm³/mol. The minimum Gasteiger partial charge on any atom is -0.477 e. The zero-order valence-corrected chi connectivity index (χ0v) is 22.7. The Balaban J connectivity index is 1.87. The average molecular weight is 634 g/mol. The van der Waals surface area contributed by atoms with E-state index in [-0.39, 0.29) is 0 Å². The van der Waals surface area contributed by atoms with Gasteiger partial charge in [0.2, 0.25) is 5.91 Å². The fourth-order valence-electron chi connectivity index (χ4n) is 5.05. The van der Waals surface area contributed by atoms with E-state index in [9.17, 15) is 70.9 Å². The summed E-state index contributed by atoms with van der Waals surface area (Å²) in [7, 11) is 0. The molecule has 3 heterocycles. The Morgan fingerprint density at radius 3 is 2.14 bits per heavy atom. The van der Waals surface area contributed by atoms with Gasteiger partial charge in [-0.1, -0.05) is 0 Å². The molecule has 0 saturated carbocycles. The second kappa shape index (κ2) is 14.6. The molecule has 0 aromatic carbocycles. The van der Waals surface area contributed by atoms with E-state index in [0.717, 1.165) is 6.92 Å². The molecular weight excluding hydrogens is 594 g/mol. The Bertz CT molecular complexity index is 942. The summed E-state index contributed by atoms with van der Waals surface area (Å²) in [6, 6.07) is -1.49. The van der Waals surface area contributed by atoms with Gasteiger partial charge < -0.3 is 90.3 Å². The second-order valence-corrected chi connectivity index (χ2v) is 10.5. The molecule has 0 unspecified atom stereocenters. The maximum Gasteiger partial charge on any atom is 0.364 e. The third-order valence-corrected chi connectivity index (χ3v) is 7.47. The van der Waals surface area contributed by atoms with E-state index >= 15 is 0 Å². The first kappa shape index (κ1) is 35.8. The van der Waals surface area contributed by atoms with Crippen LogP contribution in [0.4, 0.5) is 0 Å². The maximum absolute atomic E-state index is 12.4. The van der Waals surface area contributed by atoms with E-state index in [4.69, 9.17) is 23.7 Å². The first-order valence-electron chi connectivity index (χ1n) is 13.2. The second-order valence-electron chi connectivity index (χ2n) is 10.5. The number of rotatable bonds is 11. The van der Waals surface area contributed by atoms with Crippen molar-refractivity contribution in [3.8, 4) is 0 Å². The summed E-state index contributed by atoms with van der Waals surface area (Å²) in [4.78, 5) is 24.1. The number of hydrogen-bond donors (Lipinski definition) is 13. The summed E-state index contributed by atoms with van der Waals surface area (Å²) < 4.78 is 26.9. The number of hydrogen-bond acceptors (Lipinski definition) is 18. The van der Waals surface area contributed by atoms with E-state index in [2.05, 4.69) is 5.32 Å². The molecule has 43 heavy (non-hydrogen) atoms. The Hall–Kier alpha value is -1.70. The molecule has 13 N–H and O–H groups in total. The Kier molecular flexibility index (Phi) is 12.1. The summed E-state index contributed by atoms with van der Waals surface area (Å²) >= 11 is 0. The molecule has 0 aromatic rings. The minimum atomic E-state index is -2.85. The SMILES string of the molecule is CC(=O)N[C@H]1[C@H]([C@H](O)[C@H](O)CO)O[C@](OC[C@H]2O[C@H](O)[C@H](O)[C@@H](O)[C@@H]2O[C@@H]2O[C@H](CO)[C@H](O)[C@H](O)[C@H]2O)(C(=O)O)C[C@@H]1O. The zero-order chi connectivity index (χ0) is 32.4. The van der Waals surface area contributed by atoms with Gasteiger partial charge in [0, 0.05) is 13.3 Å². The van der Waals surface area contributed by atoms with Crippen LogP contribution in [0, 0.1) is 0 Å². The lowest BCUT2D eigenvalue weighted by atomic mass is 9.88. The van der Waals surface area contributed by atoms with E-state index in [0.29, 0.717) is 0 Å². The monoisotopic (exact) mass is 633 g/mol. The molecule has 3 fully saturated rings. The van der Waals surface area contributed by atoms with Gasteiger partial charge in [0.25, 0.3) is 5.79 Å². The first-order chi connectivity index (χ1) is 20.1. The number of amides is 1. The fraction of sp³-hybridized carbons (Fsp3) is 0.913. The summed E-state index contributed by atoms with van der Waals surface area (Å²) in [5, 5.41) is 123. The van der Waals surface area contributed by atoms with Crippen molar-refractivity contribution in [2.24, 2.45) is 0 Å². The van der Waals surface area contributed by atoms with Gasteiger partial charge in [-0.2, -0.15) is 0 Å². The minimum absolute atomic E-state index is 0.725. The van der Waals surface area contributed by atoms with Crippen LogP contribution in [-0.4, -0.2) is 191 Å². The fourth-order valence-corrected chi connectivity index (χ4v) is 5.05. The highest BCUT2D eigenvalue weighted by molar-refractivity contribution is 5.76. The predicted octanol–water partition coefficient (Wildman–Crippen LogP) is -8.22. The highest BCUT2D eigenvalue weighted by atomic mass is 16.8. The maximum atomic E-state index is 12.4. The molecule has 20 heteroatoms. The molecular formula is C23H39NO19. The zero-order valence-electron chi connectivity index (χ0n) is 22.7. The van der Waals surface area contributed by atoms with Gasteiger partial charge in [-0.05, 0) is 0 Å². The molecule has 0 aliphatic carbocycles. The van der Waals surface area contributed by atoms with Gasteiger partial charge >= 0.3 is 5.97 Å². The van der Waals surface area contributed by atoms with Gasteiger partial charge in [-0.15, -0.1) is 0 Å². The number of carbonyl (C=O) groups excluding carboxylic acids is 1. The number of carboxylic acid groups (broad SMARTS) is 1. The van der Waals surface area contributed by atoms with Crippen molar-refractivity contribution in [2.75, 3.05) is 19.8 Å². The van der Waals surface area contributed by atoms with Crippen molar-refractivity contribution < 1.29 is 94.6 Å². The van der Waals surface area contributed by atoms with Crippen molar-refractivity contribution in [1.29, 1.82) is 0 Å². The highest BCUT2D eigenvalue weighted by Gasteiger charge is 2.57. The molecule has 0 spiro atoms. The van der Waals surface area contributed by atoms with Crippen molar-refractivity contribution in [3.63, 3.8) is 0 Å². The molecule has 250 valence electrons. The molecule has 3 rings (SSSR count). The molecule has 0 aromatic heterocycles. The number of aliphatic hydroxyl groups excluding tert-OH is 11. The van der Waals surface area contributed by atoms with Crippen LogP contribution in [0.2, 0.25) is 0 Å². The topological polar surface area (TPSA) is 335 Å². The van der Waals surface area contributed by atoms with Crippen LogP contribution in [0.15, 0.2) is 0 Å². The third kappa shape index (κ3) is 7.58. The molecule has 20 nitrogen and oxygen atoms in total. The highest BCUT2D eigenvalue weighted by Crippen LogP contribution is 2.35. The van der Waals surface area contributed by atoms with E-state index in [1.807, 2.05) is 0 Å². The number of nitrogens with one attached hydrogen (secondary N) is 1. The van der Waals surface area contributed by atoms with Crippen molar-refractivity contribution in [1.82, 2.24) is 5.32 Å². The lowest BCUT2D eigenvalue weighted by Crippen LogP contribution is -2.68. The van der Waals surface area contributed by atoms with Gasteiger partial charge in [0.05, 0.1) is 32.0 Å². The Morgan fingerprint density at radius 2 is 1.58 bits per heavy atom. The molecule has 16 atom stereocenters. The van der Waals surface area contributed by atoms with E-state index in [1.54, 1.807) is 0 Å². The largest absolute Gasteiger partial charge is 0.477 e. The smallest absolute Gasteiger partial charge is 0.364 e. The Morgan fingerprint density at radius 1 is 0.930 bits per heavy atom. The third-order valence-electron chi connectivity index (χ3n) is 7.47. The quantitative estimate of drug-likeness (QED) is 0.100. The summed E-state index contributed by atoms with van der Waals surface area (Å²) in [6.07, 6.45) is -27.1. The van der Waals surface area contributed by atoms with Gasteiger partial charge in [-0.3, -0.25) is 4.79 Å². The number of aliphatic hydroxyl groups is 11. The number of ether oxygens (including phenoxy) is 5. The van der Waals surface area contributed by atoms with Crippen molar-refractivity contribution >= 4 is 11.9 Å². The normalized spacial score (nSPS) is 45.3. The number of carboxylic acids is 1. The summed E-state index contributed by atoms with van der Waals surface area (Å²) in [6.45, 7) is -1.77. The molecule has 0 bridgehead atoms. The van der Waals surface area contributed by atoms with Crippen molar-refractivity contribution in [2.45, 2.75) is 111 Å². The van der Waals surface area contributed by atoms with Gasteiger partial charge in [0.1, 0.15) is 67.1 Å². The molecule has 3 aliphatic heterocycles. The van der Waals surface area contributed by atoms with Crippen LogP contribution < -0.4 is 5.32 Å². The van der Waals surface area contributed by atoms with Crippen LogP contribution in [0.5, 0.6) is 0 Å². The number of aliphatic carboxylic acids is 1. The van der Waals surface area contributed by atoms with Gasteiger partial charge in [0.15, 0.2) is 12.6 Å². The molecule has 1 amide bonds. The van der Waals surface area contributed by atoms with Crippen LogP contribution in [0.1, 0.15) is 13.3 Å². The molecule has 0 radical (unpaired) electrons. The Labute approximate surface area is 243 Å². The summed E-state index contributed by atoms with van der Waals surface area (Å²) in [5.41, 5.74) is 0. The molecule has 3 aliphatic rings. The number of carbonyl (C=O) groups is 2.